The van der Waals surface area contributed by atoms with Crippen molar-refractivity contribution in [2.75, 3.05) is 26.3 Å². The lowest BCUT2D eigenvalue weighted by atomic mass is 9.84. The molecule has 4 heteroatoms. The summed E-state index contributed by atoms with van der Waals surface area (Å²) in [7, 11) is 0. The molecule has 4 nitrogen and oxygen atoms in total. The predicted molar refractivity (Wildman–Crippen MR) is 98.2 cm³/mol. The van der Waals surface area contributed by atoms with Gasteiger partial charge in [0.05, 0.1) is 6.10 Å². The van der Waals surface area contributed by atoms with Gasteiger partial charge in [-0.3, -0.25) is 0 Å². The maximum atomic E-state index is 10.2. The largest absolute Gasteiger partial charge is 0.392 e. The Kier molecular flexibility index (Phi) is 7.38. The Morgan fingerprint density at radius 1 is 0.958 bits per heavy atom. The molecule has 0 aromatic heterocycles. The van der Waals surface area contributed by atoms with Crippen LogP contribution in [0, 0.1) is 5.92 Å². The smallest absolute Gasteiger partial charge is 0.0693 e. The summed E-state index contributed by atoms with van der Waals surface area (Å²) in [5, 5.41) is 13.9. The minimum atomic E-state index is -0.114. The molecule has 1 heterocycles. The highest BCUT2D eigenvalue weighted by molar-refractivity contribution is 4.88. The summed E-state index contributed by atoms with van der Waals surface area (Å²) in [4.78, 5) is 2.74. The van der Waals surface area contributed by atoms with Crippen molar-refractivity contribution in [1.82, 2.24) is 10.2 Å². The number of aliphatic hydroxyl groups is 1. The van der Waals surface area contributed by atoms with E-state index in [4.69, 9.17) is 4.74 Å². The van der Waals surface area contributed by atoms with E-state index in [0.717, 1.165) is 38.0 Å². The molecule has 3 aliphatic rings. The quantitative estimate of drug-likeness (QED) is 0.781. The van der Waals surface area contributed by atoms with Crippen LogP contribution in [-0.4, -0.2) is 60.5 Å². The number of hydrogen-bond donors (Lipinski definition) is 2. The molecule has 0 radical (unpaired) electrons. The van der Waals surface area contributed by atoms with Crippen molar-refractivity contribution in [1.29, 1.82) is 0 Å². The minimum Gasteiger partial charge on any atom is -0.392 e. The maximum Gasteiger partial charge on any atom is 0.0693 e. The van der Waals surface area contributed by atoms with Gasteiger partial charge in [-0.1, -0.05) is 12.8 Å². The van der Waals surface area contributed by atoms with Crippen LogP contribution in [0.3, 0.4) is 0 Å². The van der Waals surface area contributed by atoms with Crippen LogP contribution in [0.4, 0.5) is 0 Å². The molecule has 2 saturated carbocycles. The van der Waals surface area contributed by atoms with Crippen molar-refractivity contribution in [3.63, 3.8) is 0 Å². The third kappa shape index (κ3) is 5.17. The van der Waals surface area contributed by atoms with Crippen molar-refractivity contribution in [3.05, 3.63) is 0 Å². The fraction of sp³-hybridized carbons (Fsp3) is 1.00. The molecule has 2 aliphatic carbocycles. The molecular formula is C20H38N2O2. The monoisotopic (exact) mass is 338 g/mol. The molecule has 0 amide bonds. The molecule has 0 spiro atoms. The van der Waals surface area contributed by atoms with Gasteiger partial charge in [0.2, 0.25) is 0 Å². The lowest BCUT2D eigenvalue weighted by molar-refractivity contribution is 0.0510. The van der Waals surface area contributed by atoms with Crippen LogP contribution < -0.4 is 5.32 Å². The molecule has 0 aromatic rings. The Bertz CT molecular complexity index is 350. The van der Waals surface area contributed by atoms with Crippen molar-refractivity contribution >= 4 is 0 Å². The lowest BCUT2D eigenvalue weighted by Gasteiger charge is -2.42. The zero-order valence-electron chi connectivity index (χ0n) is 15.6. The first-order valence-corrected chi connectivity index (χ1v) is 10.5. The second-order valence-corrected chi connectivity index (χ2v) is 8.27. The van der Waals surface area contributed by atoms with Crippen molar-refractivity contribution in [3.8, 4) is 0 Å². The van der Waals surface area contributed by atoms with Crippen LogP contribution in [0.15, 0.2) is 0 Å². The molecule has 2 atom stereocenters. The number of hydrogen-bond acceptors (Lipinski definition) is 4. The number of piperidine rings is 1. The van der Waals surface area contributed by atoms with Crippen LogP contribution in [0.25, 0.3) is 0 Å². The Morgan fingerprint density at radius 2 is 1.67 bits per heavy atom. The highest BCUT2D eigenvalue weighted by Gasteiger charge is 2.31. The number of aliphatic hydroxyl groups excluding tert-OH is 1. The molecule has 1 aliphatic heterocycles. The van der Waals surface area contributed by atoms with Gasteiger partial charge in [0.15, 0.2) is 0 Å². The normalized spacial score (nSPS) is 36.8. The van der Waals surface area contributed by atoms with Crippen LogP contribution in [0.1, 0.15) is 71.1 Å². The van der Waals surface area contributed by atoms with E-state index in [-0.39, 0.29) is 6.10 Å². The van der Waals surface area contributed by atoms with Gasteiger partial charge in [0.1, 0.15) is 0 Å². The van der Waals surface area contributed by atoms with Gasteiger partial charge in [0, 0.05) is 31.3 Å². The summed E-state index contributed by atoms with van der Waals surface area (Å²) in [5.74, 6) is 0.799. The fourth-order valence-electron chi connectivity index (χ4n) is 5.00. The zero-order chi connectivity index (χ0) is 16.8. The van der Waals surface area contributed by atoms with E-state index >= 15 is 0 Å². The highest BCUT2D eigenvalue weighted by Crippen LogP contribution is 2.30. The molecule has 0 bridgehead atoms. The molecule has 140 valence electrons. The summed E-state index contributed by atoms with van der Waals surface area (Å²) in [6.07, 6.45) is 12.4. The van der Waals surface area contributed by atoms with Crippen molar-refractivity contribution in [2.24, 2.45) is 5.92 Å². The van der Waals surface area contributed by atoms with E-state index in [1.54, 1.807) is 0 Å². The SMILES string of the molecule is CCOC[C@H]1CC[C@@H](N2CCC(N[C@@H]3CCCC[C@@H]3O)CC2)CC1. The summed E-state index contributed by atoms with van der Waals surface area (Å²) in [5.41, 5.74) is 0. The van der Waals surface area contributed by atoms with Gasteiger partial charge in [0.25, 0.3) is 0 Å². The summed E-state index contributed by atoms with van der Waals surface area (Å²) < 4.78 is 5.61. The molecule has 3 fully saturated rings. The van der Waals surface area contributed by atoms with Gasteiger partial charge in [-0.05, 0) is 77.3 Å². The molecule has 24 heavy (non-hydrogen) atoms. The Labute approximate surface area is 148 Å². The summed E-state index contributed by atoms with van der Waals surface area (Å²) in [6, 6.07) is 1.78. The van der Waals surface area contributed by atoms with Gasteiger partial charge in [-0.25, -0.2) is 0 Å². The van der Waals surface area contributed by atoms with Crippen LogP contribution in [-0.2, 0) is 4.74 Å². The minimum absolute atomic E-state index is 0.114. The predicted octanol–water partition coefficient (Wildman–Crippen LogP) is 2.94. The highest BCUT2D eigenvalue weighted by atomic mass is 16.5. The number of likely N-dealkylation sites (tertiary alicyclic amines) is 1. The Morgan fingerprint density at radius 3 is 2.33 bits per heavy atom. The van der Waals surface area contributed by atoms with Crippen LogP contribution in [0.2, 0.25) is 0 Å². The molecule has 0 aromatic carbocycles. The van der Waals surface area contributed by atoms with E-state index in [1.807, 2.05) is 0 Å². The van der Waals surface area contributed by atoms with E-state index in [1.165, 1.54) is 64.5 Å². The zero-order valence-corrected chi connectivity index (χ0v) is 15.6. The molecular weight excluding hydrogens is 300 g/mol. The first-order chi connectivity index (χ1) is 11.8. The van der Waals surface area contributed by atoms with Gasteiger partial charge >= 0.3 is 0 Å². The number of nitrogens with one attached hydrogen (secondary N) is 1. The van der Waals surface area contributed by atoms with Gasteiger partial charge in [-0.15, -0.1) is 0 Å². The standard InChI is InChI=1S/C20H38N2O2/c1-2-24-15-16-7-9-18(10-8-16)22-13-11-17(12-14-22)21-19-5-3-4-6-20(19)23/h16-21,23H,2-15H2,1H3/t16-,18+,19-,20+/m1/s1. The lowest BCUT2D eigenvalue weighted by Crippen LogP contribution is -2.52. The average Bonchev–Trinajstić information content (AvgIpc) is 2.63. The maximum absolute atomic E-state index is 10.2. The molecule has 0 unspecified atom stereocenters. The molecule has 1 saturated heterocycles. The summed E-state index contributed by atoms with van der Waals surface area (Å²) in [6.45, 7) is 6.40. The first-order valence-electron chi connectivity index (χ1n) is 10.5. The van der Waals surface area contributed by atoms with Gasteiger partial charge < -0.3 is 20.1 Å². The van der Waals surface area contributed by atoms with E-state index in [2.05, 4.69) is 17.1 Å². The Hall–Kier alpha value is -0.160. The number of nitrogens with zero attached hydrogens (tertiary/aromatic N) is 1. The third-order valence-corrected chi connectivity index (χ3v) is 6.60. The van der Waals surface area contributed by atoms with Crippen molar-refractivity contribution in [2.45, 2.75) is 95.4 Å². The molecule has 2 N–H and O–H groups in total. The Balaban J connectivity index is 1.35. The van der Waals surface area contributed by atoms with E-state index in [0.29, 0.717) is 12.1 Å². The second-order valence-electron chi connectivity index (χ2n) is 8.27. The van der Waals surface area contributed by atoms with Crippen molar-refractivity contribution < 1.29 is 9.84 Å². The van der Waals surface area contributed by atoms with Gasteiger partial charge in [-0.2, -0.15) is 0 Å². The number of ether oxygens (including phenoxy) is 1. The van der Waals surface area contributed by atoms with Crippen LogP contribution in [0.5, 0.6) is 0 Å². The second kappa shape index (κ2) is 9.51. The third-order valence-electron chi connectivity index (χ3n) is 6.60. The fourth-order valence-corrected chi connectivity index (χ4v) is 5.00. The van der Waals surface area contributed by atoms with E-state index in [9.17, 15) is 5.11 Å². The van der Waals surface area contributed by atoms with E-state index < -0.39 is 0 Å². The first kappa shape index (κ1) is 18.6. The van der Waals surface area contributed by atoms with Crippen LogP contribution >= 0.6 is 0 Å². The number of rotatable bonds is 6. The topological polar surface area (TPSA) is 44.7 Å². The average molecular weight is 339 g/mol. The summed E-state index contributed by atoms with van der Waals surface area (Å²) >= 11 is 0. The molecule has 3 rings (SSSR count).